The van der Waals surface area contributed by atoms with Gasteiger partial charge in [-0.2, -0.15) is 0 Å². The minimum absolute atomic E-state index is 0.287. The SMILES string of the molecule is CC(=O)[C@H]1S[C@H]2C=C[C@H]1C2. The third kappa shape index (κ3) is 0.823. The molecule has 1 fully saturated rings. The topological polar surface area (TPSA) is 17.1 Å². The van der Waals surface area contributed by atoms with E-state index in [2.05, 4.69) is 12.2 Å². The minimum Gasteiger partial charge on any atom is -0.299 e. The fourth-order valence-electron chi connectivity index (χ4n) is 1.70. The maximum Gasteiger partial charge on any atom is 0.143 e. The molecule has 2 heteroatoms. The van der Waals surface area contributed by atoms with Gasteiger partial charge in [0.25, 0.3) is 0 Å². The van der Waals surface area contributed by atoms with Crippen molar-refractivity contribution >= 4 is 17.5 Å². The van der Waals surface area contributed by atoms with Gasteiger partial charge in [0.1, 0.15) is 5.78 Å². The summed E-state index contributed by atoms with van der Waals surface area (Å²) in [6.45, 7) is 1.70. The highest BCUT2D eigenvalue weighted by Gasteiger charge is 2.38. The summed E-state index contributed by atoms with van der Waals surface area (Å²) in [5, 5.41) is 0.939. The van der Waals surface area contributed by atoms with Crippen molar-refractivity contribution in [3.63, 3.8) is 0 Å². The molecule has 0 spiro atoms. The Morgan fingerprint density at radius 1 is 1.60 bits per heavy atom. The van der Waals surface area contributed by atoms with Crippen LogP contribution in [-0.4, -0.2) is 16.3 Å². The normalized spacial score (nSPS) is 42.7. The third-order valence-electron chi connectivity index (χ3n) is 2.19. The molecule has 1 heterocycles. The van der Waals surface area contributed by atoms with Gasteiger partial charge < -0.3 is 0 Å². The van der Waals surface area contributed by atoms with Gasteiger partial charge in [0.2, 0.25) is 0 Å². The van der Waals surface area contributed by atoms with Gasteiger partial charge in [0.15, 0.2) is 0 Å². The summed E-state index contributed by atoms with van der Waals surface area (Å²) in [5.41, 5.74) is 0. The van der Waals surface area contributed by atoms with Crippen LogP contribution < -0.4 is 0 Å². The maximum atomic E-state index is 11.0. The lowest BCUT2D eigenvalue weighted by Crippen LogP contribution is -2.18. The van der Waals surface area contributed by atoms with E-state index in [1.807, 2.05) is 11.8 Å². The number of thioether (sulfide) groups is 1. The molecule has 0 radical (unpaired) electrons. The van der Waals surface area contributed by atoms with Crippen molar-refractivity contribution in [3.8, 4) is 0 Å². The number of fused-ring (bicyclic) bond motifs is 2. The molecule has 2 rings (SSSR count). The van der Waals surface area contributed by atoms with Crippen LogP contribution in [-0.2, 0) is 4.79 Å². The monoisotopic (exact) mass is 154 g/mol. The number of ketones is 1. The first-order valence-corrected chi connectivity index (χ1v) is 4.56. The predicted molar refractivity (Wildman–Crippen MR) is 43.1 cm³/mol. The van der Waals surface area contributed by atoms with E-state index in [0.29, 0.717) is 17.0 Å². The summed E-state index contributed by atoms with van der Waals surface area (Å²) >= 11 is 1.83. The van der Waals surface area contributed by atoms with Crippen LogP contribution in [0.25, 0.3) is 0 Å². The molecule has 0 amide bonds. The second kappa shape index (κ2) is 2.12. The standard InChI is InChI=1S/C8H10OS/c1-5(9)8-6-2-3-7(4-6)10-8/h2-3,6-8H,4H2,1H3/t6-,7-,8+/m0/s1. The van der Waals surface area contributed by atoms with Crippen LogP contribution in [0.5, 0.6) is 0 Å². The lowest BCUT2D eigenvalue weighted by atomic mass is 10.0. The highest BCUT2D eigenvalue weighted by Crippen LogP contribution is 2.44. The molecule has 1 aliphatic carbocycles. The zero-order chi connectivity index (χ0) is 7.14. The largest absolute Gasteiger partial charge is 0.299 e. The summed E-state index contributed by atoms with van der Waals surface area (Å²) in [7, 11) is 0. The highest BCUT2D eigenvalue weighted by atomic mass is 32.2. The van der Waals surface area contributed by atoms with Gasteiger partial charge in [0.05, 0.1) is 5.25 Å². The molecule has 2 aliphatic rings. The zero-order valence-electron chi connectivity index (χ0n) is 5.91. The van der Waals surface area contributed by atoms with Crippen molar-refractivity contribution in [3.05, 3.63) is 12.2 Å². The average molecular weight is 154 g/mol. The third-order valence-corrected chi connectivity index (χ3v) is 3.86. The van der Waals surface area contributed by atoms with Gasteiger partial charge in [-0.3, -0.25) is 4.79 Å². The van der Waals surface area contributed by atoms with Crippen molar-refractivity contribution in [1.29, 1.82) is 0 Å². The molecule has 0 N–H and O–H groups in total. The molecule has 0 aromatic rings. The average Bonchev–Trinajstić information content (AvgIpc) is 2.44. The van der Waals surface area contributed by atoms with E-state index >= 15 is 0 Å². The van der Waals surface area contributed by atoms with Crippen molar-refractivity contribution in [1.82, 2.24) is 0 Å². The Bertz CT molecular complexity index is 197. The van der Waals surface area contributed by atoms with Gasteiger partial charge in [-0.05, 0) is 19.3 Å². The zero-order valence-corrected chi connectivity index (χ0v) is 6.73. The summed E-state index contributed by atoms with van der Waals surface area (Å²) in [4.78, 5) is 11.0. The molecule has 3 atom stereocenters. The summed E-state index contributed by atoms with van der Waals surface area (Å²) in [6, 6.07) is 0. The van der Waals surface area contributed by atoms with Crippen molar-refractivity contribution in [2.24, 2.45) is 5.92 Å². The van der Waals surface area contributed by atoms with Crippen LogP contribution in [0, 0.1) is 5.92 Å². The smallest absolute Gasteiger partial charge is 0.143 e. The molecule has 0 aromatic carbocycles. The molecule has 1 nitrogen and oxygen atoms in total. The van der Waals surface area contributed by atoms with Crippen LogP contribution >= 0.6 is 11.8 Å². The number of hydrogen-bond acceptors (Lipinski definition) is 2. The summed E-state index contributed by atoms with van der Waals surface area (Å²) < 4.78 is 0. The van der Waals surface area contributed by atoms with Crippen LogP contribution in [0.4, 0.5) is 0 Å². The maximum absolute atomic E-state index is 11.0. The molecule has 54 valence electrons. The van der Waals surface area contributed by atoms with Gasteiger partial charge >= 0.3 is 0 Å². The second-order valence-electron chi connectivity index (χ2n) is 2.99. The Morgan fingerprint density at radius 2 is 2.40 bits per heavy atom. The van der Waals surface area contributed by atoms with E-state index in [-0.39, 0.29) is 5.25 Å². The van der Waals surface area contributed by atoms with Crippen molar-refractivity contribution in [2.75, 3.05) is 0 Å². The number of rotatable bonds is 1. The Hall–Kier alpha value is -0.240. The molecule has 10 heavy (non-hydrogen) atoms. The molecule has 2 bridgehead atoms. The minimum atomic E-state index is 0.287. The van der Waals surface area contributed by atoms with Gasteiger partial charge in [-0.15, -0.1) is 11.8 Å². The molecule has 1 saturated heterocycles. The summed E-state index contributed by atoms with van der Waals surface area (Å²) in [5.74, 6) is 0.911. The van der Waals surface area contributed by atoms with Crippen molar-refractivity contribution < 1.29 is 4.79 Å². The van der Waals surface area contributed by atoms with Gasteiger partial charge in [-0.25, -0.2) is 0 Å². The van der Waals surface area contributed by atoms with Crippen LogP contribution in [0.15, 0.2) is 12.2 Å². The predicted octanol–water partition coefficient (Wildman–Crippen LogP) is 1.64. The van der Waals surface area contributed by atoms with Gasteiger partial charge in [-0.1, -0.05) is 12.2 Å². The first kappa shape index (κ1) is 6.47. The Labute approximate surface area is 64.9 Å². The van der Waals surface area contributed by atoms with Crippen LogP contribution in [0.3, 0.4) is 0 Å². The van der Waals surface area contributed by atoms with Crippen molar-refractivity contribution in [2.45, 2.75) is 23.8 Å². The number of hydrogen-bond donors (Lipinski definition) is 0. The van der Waals surface area contributed by atoms with E-state index in [1.165, 1.54) is 6.42 Å². The number of Topliss-reactive ketones (excluding diaryl/α,β-unsaturated/α-hetero) is 1. The number of allylic oxidation sites excluding steroid dienone is 1. The lowest BCUT2D eigenvalue weighted by Gasteiger charge is -2.12. The molecular weight excluding hydrogens is 144 g/mol. The number of carbonyl (C=O) groups is 1. The van der Waals surface area contributed by atoms with Crippen LogP contribution in [0.2, 0.25) is 0 Å². The van der Waals surface area contributed by atoms with E-state index in [4.69, 9.17) is 0 Å². The molecule has 0 unspecified atom stereocenters. The lowest BCUT2D eigenvalue weighted by molar-refractivity contribution is -0.116. The second-order valence-corrected chi connectivity index (χ2v) is 4.38. The van der Waals surface area contributed by atoms with Gasteiger partial charge in [0, 0.05) is 5.25 Å². The first-order valence-electron chi connectivity index (χ1n) is 3.61. The Balaban J connectivity index is 2.16. The van der Waals surface area contributed by atoms with E-state index < -0.39 is 0 Å². The molecule has 1 aliphatic heterocycles. The fraction of sp³-hybridized carbons (Fsp3) is 0.625. The first-order chi connectivity index (χ1) is 4.77. The highest BCUT2D eigenvalue weighted by molar-refractivity contribution is 8.01. The molecular formula is C8H10OS. The van der Waals surface area contributed by atoms with E-state index in [1.54, 1.807) is 6.92 Å². The van der Waals surface area contributed by atoms with E-state index in [0.717, 1.165) is 0 Å². The summed E-state index contributed by atoms with van der Waals surface area (Å²) in [6.07, 6.45) is 5.64. The molecule has 0 aromatic heterocycles. The fourth-order valence-corrected chi connectivity index (χ4v) is 3.19. The quantitative estimate of drug-likeness (QED) is 0.534. The Morgan fingerprint density at radius 3 is 2.70 bits per heavy atom. The van der Waals surface area contributed by atoms with E-state index in [9.17, 15) is 4.79 Å². The van der Waals surface area contributed by atoms with Crippen LogP contribution in [0.1, 0.15) is 13.3 Å². The Kier molecular flexibility index (Phi) is 1.37. The number of carbonyl (C=O) groups excluding carboxylic acids is 1. The molecule has 0 saturated carbocycles.